The molecule has 0 amide bonds. The Kier molecular flexibility index (Phi) is 5.06. The number of halogens is 3. The van der Waals surface area contributed by atoms with E-state index in [1.807, 2.05) is 0 Å². The topological polar surface area (TPSA) is 60.4 Å². The van der Waals surface area contributed by atoms with Gasteiger partial charge in [-0.3, -0.25) is 4.79 Å². The summed E-state index contributed by atoms with van der Waals surface area (Å²) in [6.45, 7) is 1.47. The first-order valence-corrected chi connectivity index (χ1v) is 5.91. The highest BCUT2D eigenvalue weighted by Crippen LogP contribution is 2.20. The van der Waals surface area contributed by atoms with Crippen molar-refractivity contribution in [1.82, 2.24) is 0 Å². The van der Waals surface area contributed by atoms with E-state index in [-0.39, 0.29) is 6.61 Å². The summed E-state index contributed by atoms with van der Waals surface area (Å²) in [6, 6.07) is 0. The molecule has 4 nitrogen and oxygen atoms in total. The van der Waals surface area contributed by atoms with E-state index in [4.69, 9.17) is 0 Å². The molecule has 15 heavy (non-hydrogen) atoms. The lowest BCUT2D eigenvalue weighted by atomic mass is 10.5. The Morgan fingerprint density at radius 1 is 1.33 bits per heavy atom. The van der Waals surface area contributed by atoms with Gasteiger partial charge in [0, 0.05) is 0 Å². The lowest BCUT2D eigenvalue weighted by Crippen LogP contribution is -2.24. The predicted molar refractivity (Wildman–Crippen MR) is 46.0 cm³/mol. The fourth-order valence-corrected chi connectivity index (χ4v) is 1.85. The summed E-state index contributed by atoms with van der Waals surface area (Å²) in [4.78, 5) is 10.7. The van der Waals surface area contributed by atoms with Crippen LogP contribution in [0.15, 0.2) is 0 Å². The third-order valence-corrected chi connectivity index (χ3v) is 2.84. The molecule has 0 aliphatic rings. The number of hydrogen-bond donors (Lipinski definition) is 0. The van der Waals surface area contributed by atoms with Crippen LogP contribution in [0.5, 0.6) is 0 Å². The summed E-state index contributed by atoms with van der Waals surface area (Å²) in [5.41, 5.74) is 0. The quantitative estimate of drug-likeness (QED) is 0.679. The van der Waals surface area contributed by atoms with Crippen molar-refractivity contribution in [3.05, 3.63) is 0 Å². The Balaban J connectivity index is 4.15. The van der Waals surface area contributed by atoms with Gasteiger partial charge < -0.3 is 4.74 Å². The fourth-order valence-electron chi connectivity index (χ4n) is 0.726. The summed E-state index contributed by atoms with van der Waals surface area (Å²) in [5.74, 6) is -3.12. The van der Waals surface area contributed by atoms with E-state index in [0.29, 0.717) is 0 Å². The third-order valence-electron chi connectivity index (χ3n) is 1.34. The second-order valence-corrected chi connectivity index (χ2v) is 4.95. The minimum absolute atomic E-state index is 0.00633. The van der Waals surface area contributed by atoms with E-state index in [9.17, 15) is 26.4 Å². The van der Waals surface area contributed by atoms with Gasteiger partial charge in [-0.1, -0.05) is 0 Å². The molecule has 0 heterocycles. The van der Waals surface area contributed by atoms with Crippen LogP contribution in [0.25, 0.3) is 0 Å². The van der Waals surface area contributed by atoms with Crippen LogP contribution in [0.3, 0.4) is 0 Å². The SMILES string of the molecule is CCOC(=O)CS(=O)(=O)CCC(F)(F)F. The fraction of sp³-hybridized carbons (Fsp3) is 0.857. The monoisotopic (exact) mass is 248 g/mol. The van der Waals surface area contributed by atoms with E-state index >= 15 is 0 Å². The average molecular weight is 248 g/mol. The van der Waals surface area contributed by atoms with Gasteiger partial charge in [0.25, 0.3) is 0 Å². The van der Waals surface area contributed by atoms with Crippen molar-refractivity contribution in [2.75, 3.05) is 18.1 Å². The molecule has 0 spiro atoms. The van der Waals surface area contributed by atoms with Crippen LogP contribution in [0, 0.1) is 0 Å². The van der Waals surface area contributed by atoms with Crippen LogP contribution in [0.2, 0.25) is 0 Å². The van der Waals surface area contributed by atoms with Gasteiger partial charge in [-0.05, 0) is 6.92 Å². The van der Waals surface area contributed by atoms with Gasteiger partial charge >= 0.3 is 12.1 Å². The number of rotatable bonds is 5. The first-order chi connectivity index (χ1) is 6.66. The zero-order valence-corrected chi connectivity index (χ0v) is 8.82. The van der Waals surface area contributed by atoms with Crippen LogP contribution in [0.4, 0.5) is 13.2 Å². The van der Waals surface area contributed by atoms with Gasteiger partial charge in [0.2, 0.25) is 0 Å². The molecule has 0 aromatic heterocycles. The molecule has 0 bridgehead atoms. The standard InChI is InChI=1S/C7H11F3O4S/c1-2-14-6(11)5-15(12,13)4-3-7(8,9)10/h2-5H2,1H3. The van der Waals surface area contributed by atoms with Crippen LogP contribution in [-0.2, 0) is 19.4 Å². The van der Waals surface area contributed by atoms with Gasteiger partial charge in [-0.2, -0.15) is 13.2 Å². The molecule has 0 fully saturated rings. The smallest absolute Gasteiger partial charge is 0.390 e. The highest BCUT2D eigenvalue weighted by atomic mass is 32.2. The molecule has 90 valence electrons. The predicted octanol–water partition coefficient (Wildman–Crippen LogP) is 0.917. The maximum Gasteiger partial charge on any atom is 0.390 e. The van der Waals surface area contributed by atoms with E-state index < -0.39 is 39.9 Å². The maximum atomic E-state index is 11.7. The van der Waals surface area contributed by atoms with Crippen LogP contribution >= 0.6 is 0 Å². The number of ether oxygens (including phenoxy) is 1. The lowest BCUT2D eigenvalue weighted by Gasteiger charge is -2.06. The highest BCUT2D eigenvalue weighted by molar-refractivity contribution is 7.92. The van der Waals surface area contributed by atoms with Gasteiger partial charge in [-0.25, -0.2) is 8.42 Å². The van der Waals surface area contributed by atoms with Crippen LogP contribution < -0.4 is 0 Å². The molecule has 0 unspecified atom stereocenters. The van der Waals surface area contributed by atoms with E-state index in [1.54, 1.807) is 0 Å². The Labute approximate surface area is 85.3 Å². The highest BCUT2D eigenvalue weighted by Gasteiger charge is 2.30. The van der Waals surface area contributed by atoms with Crippen molar-refractivity contribution in [3.63, 3.8) is 0 Å². The number of alkyl halides is 3. The summed E-state index contributed by atoms with van der Waals surface area (Å²) in [6.07, 6.45) is -5.99. The molecule has 8 heteroatoms. The number of carbonyl (C=O) groups excluding carboxylic acids is 1. The molecule has 0 aliphatic carbocycles. The minimum Gasteiger partial charge on any atom is -0.465 e. The summed E-state index contributed by atoms with van der Waals surface area (Å²) < 4.78 is 61.3. The second kappa shape index (κ2) is 5.34. The zero-order chi connectivity index (χ0) is 12.1. The molecule has 0 rings (SSSR count). The largest absolute Gasteiger partial charge is 0.465 e. The summed E-state index contributed by atoms with van der Waals surface area (Å²) in [7, 11) is -4.03. The minimum atomic E-state index is -4.54. The maximum absolute atomic E-state index is 11.7. The van der Waals surface area contributed by atoms with Crippen molar-refractivity contribution >= 4 is 15.8 Å². The molecule has 0 saturated carbocycles. The molecule has 0 aliphatic heterocycles. The van der Waals surface area contributed by atoms with Gasteiger partial charge in [-0.15, -0.1) is 0 Å². The summed E-state index contributed by atoms with van der Waals surface area (Å²) >= 11 is 0. The van der Waals surface area contributed by atoms with E-state index in [1.165, 1.54) is 6.92 Å². The first kappa shape index (κ1) is 14.2. The average Bonchev–Trinajstić information content (AvgIpc) is 1.99. The third kappa shape index (κ3) is 8.22. The normalized spacial score (nSPS) is 12.5. The van der Waals surface area contributed by atoms with Crippen molar-refractivity contribution < 1.29 is 31.1 Å². The number of hydrogen-bond acceptors (Lipinski definition) is 4. The second-order valence-electron chi connectivity index (χ2n) is 2.76. The summed E-state index contributed by atoms with van der Waals surface area (Å²) in [5, 5.41) is 0. The van der Waals surface area contributed by atoms with Crippen molar-refractivity contribution in [3.8, 4) is 0 Å². The van der Waals surface area contributed by atoms with Crippen LogP contribution in [0.1, 0.15) is 13.3 Å². The van der Waals surface area contributed by atoms with Gasteiger partial charge in [0.05, 0.1) is 18.8 Å². The molecule has 0 aromatic carbocycles. The molecule has 0 aromatic rings. The molecule has 0 radical (unpaired) electrons. The number of carbonyl (C=O) groups is 1. The van der Waals surface area contributed by atoms with Crippen LogP contribution in [-0.4, -0.2) is 38.7 Å². The van der Waals surface area contributed by atoms with Crippen molar-refractivity contribution in [2.45, 2.75) is 19.5 Å². The molecular weight excluding hydrogens is 237 g/mol. The Morgan fingerprint density at radius 3 is 2.27 bits per heavy atom. The first-order valence-electron chi connectivity index (χ1n) is 4.09. The molecule has 0 N–H and O–H groups in total. The Morgan fingerprint density at radius 2 is 1.87 bits per heavy atom. The number of sulfone groups is 1. The molecular formula is C7H11F3O4S. The Bertz CT molecular complexity index is 307. The van der Waals surface area contributed by atoms with Crippen molar-refractivity contribution in [1.29, 1.82) is 0 Å². The van der Waals surface area contributed by atoms with E-state index in [0.717, 1.165) is 0 Å². The lowest BCUT2D eigenvalue weighted by molar-refractivity contribution is -0.140. The van der Waals surface area contributed by atoms with Gasteiger partial charge in [0.15, 0.2) is 9.84 Å². The van der Waals surface area contributed by atoms with Gasteiger partial charge in [0.1, 0.15) is 5.75 Å². The molecule has 0 atom stereocenters. The van der Waals surface area contributed by atoms with E-state index in [2.05, 4.69) is 4.74 Å². The molecule has 0 saturated heterocycles. The zero-order valence-electron chi connectivity index (χ0n) is 8.00. The number of esters is 1. The Hall–Kier alpha value is -0.790. The van der Waals surface area contributed by atoms with Crippen molar-refractivity contribution in [2.24, 2.45) is 0 Å².